The lowest BCUT2D eigenvalue weighted by atomic mass is 10.2. The number of hydrogen-bond acceptors (Lipinski definition) is 2. The molecule has 0 amide bonds. The van der Waals surface area contributed by atoms with E-state index in [1.165, 1.54) is 0 Å². The van der Waals surface area contributed by atoms with E-state index >= 15 is 0 Å². The molecule has 0 fully saturated rings. The summed E-state index contributed by atoms with van der Waals surface area (Å²) in [5, 5.41) is 0. The lowest BCUT2D eigenvalue weighted by molar-refractivity contribution is 0.573. The van der Waals surface area contributed by atoms with Crippen LogP contribution in [0.1, 0.15) is 6.42 Å². The normalized spacial score (nSPS) is 12.5. The van der Waals surface area contributed by atoms with E-state index in [0.717, 1.165) is 11.0 Å². The Morgan fingerprint density at radius 2 is 2.27 bits per heavy atom. The van der Waals surface area contributed by atoms with Crippen LogP contribution in [0.15, 0.2) is 30.6 Å². The second-order valence-corrected chi connectivity index (χ2v) is 3.55. The molecule has 1 atom stereocenters. The number of hydrogen-bond donors (Lipinski definition) is 1. The van der Waals surface area contributed by atoms with Crippen LogP contribution in [0.5, 0.6) is 0 Å². The topological polar surface area (TPSA) is 43.8 Å². The maximum absolute atomic E-state index is 5.88. The zero-order valence-corrected chi connectivity index (χ0v) is 8.43. The first-order valence-corrected chi connectivity index (χ1v) is 4.90. The predicted molar refractivity (Wildman–Crippen MR) is 61.2 cm³/mol. The van der Waals surface area contributed by atoms with Crippen molar-refractivity contribution in [2.24, 2.45) is 5.73 Å². The molecule has 0 aliphatic carbocycles. The summed E-state index contributed by atoms with van der Waals surface area (Å²) in [5.41, 5.74) is 7.97. The SMILES string of the molecule is C#CCC(N)Cn1cnc2ccccc21. The molecule has 0 aliphatic heterocycles. The second-order valence-electron chi connectivity index (χ2n) is 3.55. The van der Waals surface area contributed by atoms with Crippen molar-refractivity contribution in [1.29, 1.82) is 0 Å². The van der Waals surface area contributed by atoms with Crippen molar-refractivity contribution < 1.29 is 0 Å². The van der Waals surface area contributed by atoms with Crippen LogP contribution in [0.3, 0.4) is 0 Å². The molecule has 0 bridgehead atoms. The van der Waals surface area contributed by atoms with Gasteiger partial charge in [-0.1, -0.05) is 12.1 Å². The smallest absolute Gasteiger partial charge is 0.0958 e. The minimum atomic E-state index is -0.00685. The van der Waals surface area contributed by atoms with Crippen molar-refractivity contribution in [2.45, 2.75) is 19.0 Å². The van der Waals surface area contributed by atoms with Crippen molar-refractivity contribution in [3.63, 3.8) is 0 Å². The average Bonchev–Trinajstić information content (AvgIpc) is 2.62. The fourth-order valence-electron chi connectivity index (χ4n) is 1.62. The van der Waals surface area contributed by atoms with Gasteiger partial charge < -0.3 is 10.3 Å². The molecule has 2 rings (SSSR count). The number of fused-ring (bicyclic) bond motifs is 1. The number of terminal acetylenes is 1. The maximum Gasteiger partial charge on any atom is 0.0958 e. The summed E-state index contributed by atoms with van der Waals surface area (Å²) in [6.07, 6.45) is 7.61. The van der Waals surface area contributed by atoms with Crippen LogP contribution in [0.4, 0.5) is 0 Å². The third-order valence-corrected chi connectivity index (χ3v) is 2.34. The lowest BCUT2D eigenvalue weighted by Crippen LogP contribution is -2.25. The highest BCUT2D eigenvalue weighted by Crippen LogP contribution is 2.12. The molecule has 15 heavy (non-hydrogen) atoms. The molecule has 3 nitrogen and oxygen atoms in total. The summed E-state index contributed by atoms with van der Waals surface area (Å²) in [7, 11) is 0. The first-order chi connectivity index (χ1) is 7.31. The van der Waals surface area contributed by atoms with Crippen LogP contribution in [0.2, 0.25) is 0 Å². The molecule has 76 valence electrons. The Kier molecular flexibility index (Phi) is 2.70. The van der Waals surface area contributed by atoms with Gasteiger partial charge in [0.05, 0.1) is 17.4 Å². The molecule has 3 heteroatoms. The number of imidazole rings is 1. The molecule has 0 spiro atoms. The van der Waals surface area contributed by atoms with Gasteiger partial charge >= 0.3 is 0 Å². The number of nitrogens with two attached hydrogens (primary N) is 1. The Labute approximate surface area is 88.9 Å². The summed E-state index contributed by atoms with van der Waals surface area (Å²) in [6.45, 7) is 0.713. The summed E-state index contributed by atoms with van der Waals surface area (Å²) in [6, 6.07) is 7.98. The predicted octanol–water partition coefficient (Wildman–Crippen LogP) is 1.39. The number of benzene rings is 1. The van der Waals surface area contributed by atoms with E-state index in [2.05, 4.69) is 10.9 Å². The van der Waals surface area contributed by atoms with Crippen molar-refractivity contribution in [2.75, 3.05) is 0 Å². The molecule has 1 heterocycles. The first-order valence-electron chi connectivity index (χ1n) is 4.90. The molecule has 2 N–H and O–H groups in total. The molecule has 0 saturated carbocycles. The average molecular weight is 199 g/mol. The zero-order chi connectivity index (χ0) is 10.7. The Hall–Kier alpha value is -1.79. The van der Waals surface area contributed by atoms with Crippen LogP contribution in [0, 0.1) is 12.3 Å². The summed E-state index contributed by atoms with van der Waals surface area (Å²) in [4.78, 5) is 4.29. The summed E-state index contributed by atoms with van der Waals surface area (Å²) < 4.78 is 2.04. The summed E-state index contributed by atoms with van der Waals surface area (Å²) >= 11 is 0. The fourth-order valence-corrected chi connectivity index (χ4v) is 1.62. The number of nitrogens with zero attached hydrogens (tertiary/aromatic N) is 2. The van der Waals surface area contributed by atoms with E-state index in [9.17, 15) is 0 Å². The van der Waals surface area contributed by atoms with Crippen LogP contribution >= 0.6 is 0 Å². The standard InChI is InChI=1S/C12H13N3/c1-2-5-10(13)8-15-9-14-11-6-3-4-7-12(11)15/h1,3-4,6-7,9-10H,5,8,13H2. The molecular weight excluding hydrogens is 186 g/mol. The van der Waals surface area contributed by atoms with E-state index in [1.807, 2.05) is 28.8 Å². The summed E-state index contributed by atoms with van der Waals surface area (Å²) in [5.74, 6) is 2.57. The van der Waals surface area contributed by atoms with Gasteiger partial charge in [-0.15, -0.1) is 12.3 Å². The lowest BCUT2D eigenvalue weighted by Gasteiger charge is -2.09. The van der Waals surface area contributed by atoms with Gasteiger partial charge in [-0.05, 0) is 12.1 Å². The largest absolute Gasteiger partial charge is 0.329 e. The number of aromatic nitrogens is 2. The van der Waals surface area contributed by atoms with Crippen LogP contribution < -0.4 is 5.73 Å². The Morgan fingerprint density at radius 1 is 1.47 bits per heavy atom. The van der Waals surface area contributed by atoms with Gasteiger partial charge in [-0.2, -0.15) is 0 Å². The van der Waals surface area contributed by atoms with Gasteiger partial charge in [0.1, 0.15) is 0 Å². The van der Waals surface area contributed by atoms with E-state index in [1.54, 1.807) is 6.33 Å². The maximum atomic E-state index is 5.88. The monoisotopic (exact) mass is 199 g/mol. The van der Waals surface area contributed by atoms with Gasteiger partial charge in [0.15, 0.2) is 0 Å². The van der Waals surface area contributed by atoms with Gasteiger partial charge in [-0.25, -0.2) is 4.98 Å². The molecule has 1 aromatic heterocycles. The van der Waals surface area contributed by atoms with Crippen molar-refractivity contribution in [3.05, 3.63) is 30.6 Å². The van der Waals surface area contributed by atoms with Gasteiger partial charge in [0.25, 0.3) is 0 Å². The Bertz CT molecular complexity index is 493. The van der Waals surface area contributed by atoms with E-state index in [0.29, 0.717) is 13.0 Å². The van der Waals surface area contributed by atoms with Crippen LogP contribution in [-0.4, -0.2) is 15.6 Å². The fraction of sp³-hybridized carbons (Fsp3) is 0.250. The Balaban J connectivity index is 2.25. The molecule has 0 aliphatic rings. The molecule has 1 aromatic carbocycles. The highest BCUT2D eigenvalue weighted by atomic mass is 15.1. The molecule has 1 unspecified atom stereocenters. The molecule has 0 radical (unpaired) electrons. The number of para-hydroxylation sites is 2. The van der Waals surface area contributed by atoms with Crippen molar-refractivity contribution in [1.82, 2.24) is 9.55 Å². The second kappa shape index (κ2) is 4.16. The van der Waals surface area contributed by atoms with E-state index < -0.39 is 0 Å². The molecule has 0 saturated heterocycles. The molecular formula is C12H13N3. The van der Waals surface area contributed by atoms with Crippen molar-refractivity contribution in [3.8, 4) is 12.3 Å². The van der Waals surface area contributed by atoms with Crippen molar-refractivity contribution >= 4 is 11.0 Å². The van der Waals surface area contributed by atoms with Gasteiger partial charge in [0.2, 0.25) is 0 Å². The van der Waals surface area contributed by atoms with Crippen LogP contribution in [-0.2, 0) is 6.54 Å². The third kappa shape index (κ3) is 2.00. The highest BCUT2D eigenvalue weighted by Gasteiger charge is 2.05. The third-order valence-electron chi connectivity index (χ3n) is 2.34. The van der Waals surface area contributed by atoms with Crippen LogP contribution in [0.25, 0.3) is 11.0 Å². The van der Waals surface area contributed by atoms with E-state index in [-0.39, 0.29) is 6.04 Å². The minimum absolute atomic E-state index is 0.00685. The molecule has 2 aromatic rings. The van der Waals surface area contributed by atoms with Gasteiger partial charge in [0, 0.05) is 19.0 Å². The highest BCUT2D eigenvalue weighted by molar-refractivity contribution is 5.74. The minimum Gasteiger partial charge on any atom is -0.329 e. The Morgan fingerprint density at radius 3 is 3.07 bits per heavy atom. The first kappa shape index (κ1) is 9.75. The van der Waals surface area contributed by atoms with E-state index in [4.69, 9.17) is 12.2 Å². The van der Waals surface area contributed by atoms with Gasteiger partial charge in [-0.3, -0.25) is 0 Å². The quantitative estimate of drug-likeness (QED) is 0.759. The zero-order valence-electron chi connectivity index (χ0n) is 8.43. The number of rotatable bonds is 3.